The minimum atomic E-state index is -0.800. The molecule has 3 aromatic rings. The zero-order valence-electron chi connectivity index (χ0n) is 14.6. The summed E-state index contributed by atoms with van der Waals surface area (Å²) in [5.41, 5.74) is 6.51. The van der Waals surface area contributed by atoms with Crippen LogP contribution < -0.4 is 5.73 Å². The van der Waals surface area contributed by atoms with Gasteiger partial charge in [-0.25, -0.2) is 8.78 Å². The van der Waals surface area contributed by atoms with Crippen molar-refractivity contribution in [2.45, 2.75) is 13.8 Å². The van der Waals surface area contributed by atoms with Crippen molar-refractivity contribution in [2.24, 2.45) is 16.6 Å². The van der Waals surface area contributed by atoms with Crippen LogP contribution in [0.4, 0.5) is 8.78 Å². The van der Waals surface area contributed by atoms with E-state index in [2.05, 4.69) is 9.98 Å². The van der Waals surface area contributed by atoms with E-state index in [1.165, 1.54) is 18.3 Å². The van der Waals surface area contributed by atoms with Gasteiger partial charge >= 0.3 is 0 Å². The van der Waals surface area contributed by atoms with E-state index in [4.69, 9.17) is 17.3 Å². The lowest BCUT2D eigenvalue weighted by Gasteiger charge is -2.10. The maximum absolute atomic E-state index is 14.4. The second kappa shape index (κ2) is 7.40. The number of halogens is 3. The molecule has 0 radical (unpaired) electrons. The summed E-state index contributed by atoms with van der Waals surface area (Å²) in [6.07, 6.45) is 1.45. The highest BCUT2D eigenvalue weighted by Crippen LogP contribution is 2.33. The van der Waals surface area contributed by atoms with Crippen LogP contribution in [0.25, 0.3) is 22.0 Å². The zero-order valence-corrected chi connectivity index (χ0v) is 15.4. The molecular weight excluding hydrogens is 372 g/mol. The fourth-order valence-electron chi connectivity index (χ4n) is 2.61. The summed E-state index contributed by atoms with van der Waals surface area (Å²) in [5, 5.41) is 0.378. The Hall–Kier alpha value is -2.86. The maximum atomic E-state index is 14.4. The number of nitrogens with two attached hydrogens (primary N) is 1. The largest absolute Gasteiger partial charge is 0.387 e. The SMILES string of the molecule is CC(C)C(N)=NC(=O)c1ccc2nccc(-c3c(F)cc(Cl)cc3F)c2c1. The van der Waals surface area contributed by atoms with Gasteiger partial charge in [-0.15, -0.1) is 0 Å². The van der Waals surface area contributed by atoms with E-state index in [9.17, 15) is 13.6 Å². The van der Waals surface area contributed by atoms with Crippen LogP contribution in [0.15, 0.2) is 47.6 Å². The smallest absolute Gasteiger partial charge is 0.278 e. The van der Waals surface area contributed by atoms with Gasteiger partial charge in [0, 0.05) is 28.1 Å². The zero-order chi connectivity index (χ0) is 19.7. The van der Waals surface area contributed by atoms with Gasteiger partial charge < -0.3 is 5.73 Å². The molecule has 1 aromatic heterocycles. The first-order valence-electron chi connectivity index (χ1n) is 8.20. The Labute approximate surface area is 159 Å². The van der Waals surface area contributed by atoms with Crippen molar-refractivity contribution in [1.82, 2.24) is 4.98 Å². The second-order valence-electron chi connectivity index (χ2n) is 6.33. The molecular formula is C20H16ClF2N3O. The highest BCUT2D eigenvalue weighted by molar-refractivity contribution is 6.30. The number of carbonyl (C=O) groups excluding carboxylic acids is 1. The number of amides is 1. The first-order valence-corrected chi connectivity index (χ1v) is 8.57. The Balaban J connectivity index is 2.19. The molecule has 0 unspecified atom stereocenters. The molecule has 3 rings (SSSR count). The van der Waals surface area contributed by atoms with Crippen LogP contribution in [0.2, 0.25) is 5.02 Å². The standard InChI is InChI=1S/C20H16ClF2N3O/c1-10(2)19(24)26-20(27)11-3-4-17-14(7-11)13(5-6-25-17)18-15(22)8-12(21)9-16(18)23/h3-10H,1-2H3,(H2,24,26,27). The summed E-state index contributed by atoms with van der Waals surface area (Å²) in [5.74, 6) is -2.00. The number of hydrogen-bond donors (Lipinski definition) is 1. The lowest BCUT2D eigenvalue weighted by atomic mass is 9.98. The molecule has 0 saturated heterocycles. The molecule has 2 N–H and O–H groups in total. The summed E-state index contributed by atoms with van der Waals surface area (Å²) >= 11 is 5.71. The topological polar surface area (TPSA) is 68.3 Å². The van der Waals surface area contributed by atoms with E-state index in [1.807, 2.05) is 13.8 Å². The molecule has 0 saturated carbocycles. The van der Waals surface area contributed by atoms with Crippen LogP contribution in [-0.2, 0) is 0 Å². The molecule has 7 heteroatoms. The summed E-state index contributed by atoms with van der Waals surface area (Å²) in [6, 6.07) is 8.21. The van der Waals surface area contributed by atoms with Crippen molar-refractivity contribution >= 4 is 34.2 Å². The number of fused-ring (bicyclic) bond motifs is 1. The van der Waals surface area contributed by atoms with Crippen LogP contribution in [-0.4, -0.2) is 16.7 Å². The van der Waals surface area contributed by atoms with E-state index in [0.717, 1.165) is 12.1 Å². The Morgan fingerprint density at radius 2 is 1.81 bits per heavy atom. The lowest BCUT2D eigenvalue weighted by Crippen LogP contribution is -2.20. The molecule has 0 bridgehead atoms. The van der Waals surface area contributed by atoms with Gasteiger partial charge in [-0.1, -0.05) is 25.4 Å². The fraction of sp³-hybridized carbons (Fsp3) is 0.150. The molecule has 0 fully saturated rings. The maximum Gasteiger partial charge on any atom is 0.278 e. The molecule has 27 heavy (non-hydrogen) atoms. The number of pyridine rings is 1. The molecule has 0 aliphatic heterocycles. The third-order valence-electron chi connectivity index (χ3n) is 4.09. The van der Waals surface area contributed by atoms with Crippen molar-refractivity contribution in [3.63, 3.8) is 0 Å². The first kappa shape index (κ1) is 18.9. The van der Waals surface area contributed by atoms with Crippen molar-refractivity contribution < 1.29 is 13.6 Å². The van der Waals surface area contributed by atoms with E-state index in [1.54, 1.807) is 12.1 Å². The van der Waals surface area contributed by atoms with Crippen LogP contribution in [0, 0.1) is 17.6 Å². The Bertz CT molecular complexity index is 1060. The van der Waals surface area contributed by atoms with Gasteiger partial charge in [0.05, 0.1) is 11.1 Å². The molecule has 0 aliphatic rings. The van der Waals surface area contributed by atoms with E-state index < -0.39 is 17.5 Å². The molecule has 0 aliphatic carbocycles. The number of aliphatic imine (C=N–C) groups is 1. The molecule has 0 spiro atoms. The second-order valence-corrected chi connectivity index (χ2v) is 6.77. The highest BCUT2D eigenvalue weighted by Gasteiger charge is 2.17. The summed E-state index contributed by atoms with van der Waals surface area (Å²) in [7, 11) is 0. The molecule has 1 heterocycles. The molecule has 138 valence electrons. The van der Waals surface area contributed by atoms with Crippen LogP contribution >= 0.6 is 11.6 Å². The van der Waals surface area contributed by atoms with Gasteiger partial charge in [-0.05, 0) is 42.0 Å². The molecule has 1 amide bonds. The average Bonchev–Trinajstić information content (AvgIpc) is 2.60. The normalized spacial score (nSPS) is 12.0. The number of hydrogen-bond acceptors (Lipinski definition) is 2. The monoisotopic (exact) mass is 387 g/mol. The lowest BCUT2D eigenvalue weighted by molar-refractivity contribution is 0.100. The average molecular weight is 388 g/mol. The van der Waals surface area contributed by atoms with E-state index in [0.29, 0.717) is 10.9 Å². The van der Waals surface area contributed by atoms with Crippen LogP contribution in [0.1, 0.15) is 24.2 Å². The van der Waals surface area contributed by atoms with Gasteiger partial charge in [-0.2, -0.15) is 4.99 Å². The van der Waals surface area contributed by atoms with Crippen molar-refractivity contribution in [3.8, 4) is 11.1 Å². The fourth-order valence-corrected chi connectivity index (χ4v) is 2.80. The quantitative estimate of drug-likeness (QED) is 0.508. The molecule has 0 atom stereocenters. The number of rotatable bonds is 3. The third-order valence-corrected chi connectivity index (χ3v) is 4.31. The van der Waals surface area contributed by atoms with Crippen molar-refractivity contribution in [1.29, 1.82) is 0 Å². The number of aromatic nitrogens is 1. The Morgan fingerprint density at radius 3 is 2.44 bits per heavy atom. The van der Waals surface area contributed by atoms with Crippen LogP contribution in [0.3, 0.4) is 0 Å². The number of benzene rings is 2. The van der Waals surface area contributed by atoms with Crippen molar-refractivity contribution in [3.05, 3.63) is 64.8 Å². The predicted molar refractivity (Wildman–Crippen MR) is 103 cm³/mol. The van der Waals surface area contributed by atoms with Crippen molar-refractivity contribution in [2.75, 3.05) is 0 Å². The summed E-state index contributed by atoms with van der Waals surface area (Å²) < 4.78 is 28.8. The molecule has 2 aromatic carbocycles. The Kier molecular flexibility index (Phi) is 5.19. The predicted octanol–water partition coefficient (Wildman–Crippen LogP) is 4.99. The van der Waals surface area contributed by atoms with E-state index >= 15 is 0 Å². The molecule has 4 nitrogen and oxygen atoms in total. The summed E-state index contributed by atoms with van der Waals surface area (Å²) in [6.45, 7) is 3.64. The number of nitrogens with zero attached hydrogens (tertiary/aromatic N) is 2. The number of carbonyl (C=O) groups is 1. The first-order chi connectivity index (χ1) is 12.8. The van der Waals surface area contributed by atoms with Gasteiger partial charge in [0.2, 0.25) is 0 Å². The van der Waals surface area contributed by atoms with Crippen LogP contribution in [0.5, 0.6) is 0 Å². The van der Waals surface area contributed by atoms with Gasteiger partial charge in [0.25, 0.3) is 5.91 Å². The summed E-state index contributed by atoms with van der Waals surface area (Å²) in [4.78, 5) is 20.4. The third kappa shape index (κ3) is 3.80. The van der Waals surface area contributed by atoms with Gasteiger partial charge in [-0.3, -0.25) is 9.78 Å². The Morgan fingerprint density at radius 1 is 1.15 bits per heavy atom. The minimum Gasteiger partial charge on any atom is -0.387 e. The van der Waals surface area contributed by atoms with Gasteiger partial charge in [0.1, 0.15) is 17.5 Å². The highest BCUT2D eigenvalue weighted by atomic mass is 35.5. The number of amidine groups is 1. The minimum absolute atomic E-state index is 0.0403. The van der Waals surface area contributed by atoms with Gasteiger partial charge in [0.15, 0.2) is 0 Å². The van der Waals surface area contributed by atoms with E-state index in [-0.39, 0.29) is 33.5 Å².